The van der Waals surface area contributed by atoms with E-state index in [1.807, 2.05) is 29.5 Å². The van der Waals surface area contributed by atoms with Crippen molar-refractivity contribution in [2.45, 2.75) is 13.5 Å². The third-order valence-corrected chi connectivity index (χ3v) is 3.94. The summed E-state index contributed by atoms with van der Waals surface area (Å²) in [5.74, 6) is -0.667. The number of aromatic nitrogens is 1. The van der Waals surface area contributed by atoms with Gasteiger partial charge in [0.1, 0.15) is 11.5 Å². The predicted octanol–water partition coefficient (Wildman–Crippen LogP) is 4.16. The Labute approximate surface area is 128 Å². The van der Waals surface area contributed by atoms with Crippen molar-refractivity contribution in [1.82, 2.24) is 4.57 Å². The molecule has 19 heavy (non-hydrogen) atoms. The lowest BCUT2D eigenvalue weighted by Crippen LogP contribution is -2.17. The van der Waals surface area contributed by atoms with Crippen molar-refractivity contribution in [3.8, 4) is 0 Å². The van der Waals surface area contributed by atoms with E-state index >= 15 is 0 Å². The number of hydrogen-bond donors (Lipinski definition) is 1. The number of nitrogens with zero attached hydrogens (tertiary/aromatic N) is 1. The van der Waals surface area contributed by atoms with Gasteiger partial charge >= 0.3 is 0 Å². The molecule has 0 bridgehead atoms. The molecule has 0 fully saturated rings. The summed E-state index contributed by atoms with van der Waals surface area (Å²) < 4.78 is 15.5. The molecule has 100 valence electrons. The van der Waals surface area contributed by atoms with Crippen LogP contribution in [0.25, 0.3) is 0 Å². The third-order valence-electron chi connectivity index (χ3n) is 2.64. The number of amides is 1. The van der Waals surface area contributed by atoms with Crippen LogP contribution in [0, 0.1) is 9.39 Å². The summed E-state index contributed by atoms with van der Waals surface area (Å²) in [5.41, 5.74) is 0.901. The zero-order chi connectivity index (χ0) is 14.0. The zero-order valence-corrected chi connectivity index (χ0v) is 13.0. The van der Waals surface area contributed by atoms with E-state index in [2.05, 4.69) is 5.32 Å². The number of benzene rings is 1. The third kappa shape index (κ3) is 3.09. The second-order valence-corrected chi connectivity index (χ2v) is 5.40. The number of rotatable bonds is 3. The standard InChI is InChI=1S/C13H11ClFIN2O/c1-2-18-7-8(14)6-11(18)13(19)17-10-5-3-4-9(15)12(10)16/h3-7H,2H2,1H3,(H,17,19). The molecule has 0 aliphatic heterocycles. The highest BCUT2D eigenvalue weighted by Gasteiger charge is 2.14. The molecular formula is C13H11ClFIN2O. The summed E-state index contributed by atoms with van der Waals surface area (Å²) in [6.45, 7) is 2.55. The molecule has 1 aromatic heterocycles. The minimum absolute atomic E-state index is 0.308. The van der Waals surface area contributed by atoms with Gasteiger partial charge < -0.3 is 9.88 Å². The summed E-state index contributed by atoms with van der Waals surface area (Å²) in [7, 11) is 0. The number of nitrogens with one attached hydrogen (secondary N) is 1. The van der Waals surface area contributed by atoms with E-state index in [1.54, 1.807) is 29.0 Å². The largest absolute Gasteiger partial charge is 0.342 e. The average Bonchev–Trinajstić information content (AvgIpc) is 2.76. The predicted molar refractivity (Wildman–Crippen MR) is 82.2 cm³/mol. The van der Waals surface area contributed by atoms with Crippen LogP contribution in [-0.4, -0.2) is 10.5 Å². The summed E-state index contributed by atoms with van der Waals surface area (Å²) in [6, 6.07) is 6.15. The van der Waals surface area contributed by atoms with Crippen molar-refractivity contribution in [1.29, 1.82) is 0 Å². The van der Waals surface area contributed by atoms with Crippen LogP contribution in [0.15, 0.2) is 30.5 Å². The van der Waals surface area contributed by atoms with Crippen LogP contribution in [0.3, 0.4) is 0 Å². The molecule has 1 N–H and O–H groups in total. The maximum Gasteiger partial charge on any atom is 0.272 e. The number of carbonyl (C=O) groups excluding carboxylic acids is 1. The van der Waals surface area contributed by atoms with Gasteiger partial charge in [-0.3, -0.25) is 4.79 Å². The molecule has 6 heteroatoms. The quantitative estimate of drug-likeness (QED) is 0.782. The highest BCUT2D eigenvalue weighted by Crippen LogP contribution is 2.22. The van der Waals surface area contributed by atoms with Crippen LogP contribution in [0.5, 0.6) is 0 Å². The van der Waals surface area contributed by atoms with Crippen LogP contribution in [0.4, 0.5) is 10.1 Å². The van der Waals surface area contributed by atoms with Crippen molar-refractivity contribution < 1.29 is 9.18 Å². The van der Waals surface area contributed by atoms with Gasteiger partial charge in [-0.1, -0.05) is 17.7 Å². The van der Waals surface area contributed by atoms with E-state index in [0.717, 1.165) is 0 Å². The SMILES string of the molecule is CCn1cc(Cl)cc1C(=O)Nc1cccc(F)c1I. The minimum atomic E-state index is -0.359. The Kier molecular flexibility index (Phi) is 4.46. The van der Waals surface area contributed by atoms with Gasteiger partial charge in [0.15, 0.2) is 0 Å². The van der Waals surface area contributed by atoms with Crippen LogP contribution in [-0.2, 0) is 6.54 Å². The second kappa shape index (κ2) is 5.92. The van der Waals surface area contributed by atoms with Crippen LogP contribution >= 0.6 is 34.2 Å². The topological polar surface area (TPSA) is 34.0 Å². The minimum Gasteiger partial charge on any atom is -0.342 e. The molecule has 0 aliphatic carbocycles. The van der Waals surface area contributed by atoms with Crippen LogP contribution in [0.1, 0.15) is 17.4 Å². The monoisotopic (exact) mass is 392 g/mol. The van der Waals surface area contributed by atoms with Gasteiger partial charge in [-0.15, -0.1) is 0 Å². The van der Waals surface area contributed by atoms with Gasteiger partial charge in [-0.2, -0.15) is 0 Å². The molecule has 0 radical (unpaired) electrons. The number of hydrogen-bond acceptors (Lipinski definition) is 1. The van der Waals surface area contributed by atoms with Crippen molar-refractivity contribution in [3.63, 3.8) is 0 Å². The van der Waals surface area contributed by atoms with E-state index < -0.39 is 0 Å². The van der Waals surface area contributed by atoms with Crippen LogP contribution < -0.4 is 5.32 Å². The molecule has 3 nitrogen and oxygen atoms in total. The first-order chi connectivity index (χ1) is 9.02. The first kappa shape index (κ1) is 14.3. The van der Waals surface area contributed by atoms with E-state index in [1.165, 1.54) is 6.07 Å². The molecular weight excluding hydrogens is 382 g/mol. The van der Waals surface area contributed by atoms with Crippen molar-refractivity contribution >= 4 is 45.8 Å². The number of anilines is 1. The van der Waals surface area contributed by atoms with Gasteiger partial charge in [-0.05, 0) is 47.7 Å². The number of carbonyl (C=O) groups is 1. The first-order valence-corrected chi connectivity index (χ1v) is 7.09. The lowest BCUT2D eigenvalue weighted by molar-refractivity contribution is 0.101. The summed E-state index contributed by atoms with van der Waals surface area (Å²) in [4.78, 5) is 12.2. The summed E-state index contributed by atoms with van der Waals surface area (Å²) in [6.07, 6.45) is 1.69. The molecule has 0 saturated carbocycles. The fourth-order valence-corrected chi connectivity index (χ4v) is 2.43. The van der Waals surface area contributed by atoms with Gasteiger partial charge in [0.2, 0.25) is 0 Å². The van der Waals surface area contributed by atoms with Crippen molar-refractivity contribution in [2.24, 2.45) is 0 Å². The second-order valence-electron chi connectivity index (χ2n) is 3.89. The molecule has 1 aromatic carbocycles. The Balaban J connectivity index is 2.28. The van der Waals surface area contributed by atoms with Gasteiger partial charge in [0.05, 0.1) is 14.3 Å². The molecule has 0 aliphatic rings. The molecule has 0 saturated heterocycles. The highest BCUT2D eigenvalue weighted by atomic mass is 127. The van der Waals surface area contributed by atoms with E-state index in [9.17, 15) is 9.18 Å². The molecule has 0 unspecified atom stereocenters. The van der Waals surface area contributed by atoms with Crippen LogP contribution in [0.2, 0.25) is 5.02 Å². The molecule has 0 atom stereocenters. The molecule has 0 spiro atoms. The number of aryl methyl sites for hydroxylation is 1. The lowest BCUT2D eigenvalue weighted by Gasteiger charge is -2.09. The molecule has 1 heterocycles. The molecule has 2 rings (SSSR count). The summed E-state index contributed by atoms with van der Waals surface area (Å²) in [5, 5.41) is 3.19. The van der Waals surface area contributed by atoms with E-state index in [0.29, 0.717) is 26.5 Å². The average molecular weight is 393 g/mol. The van der Waals surface area contributed by atoms with Crippen molar-refractivity contribution in [3.05, 3.63) is 50.6 Å². The van der Waals surface area contributed by atoms with Gasteiger partial charge in [0, 0.05) is 12.7 Å². The molecule has 1 amide bonds. The Morgan fingerprint density at radius 2 is 2.26 bits per heavy atom. The van der Waals surface area contributed by atoms with Gasteiger partial charge in [-0.25, -0.2) is 4.39 Å². The first-order valence-electron chi connectivity index (χ1n) is 5.64. The maximum absolute atomic E-state index is 13.4. The maximum atomic E-state index is 13.4. The molecule has 2 aromatic rings. The Bertz CT molecular complexity index is 627. The number of halogens is 3. The smallest absolute Gasteiger partial charge is 0.272 e. The normalized spacial score (nSPS) is 10.5. The highest BCUT2D eigenvalue weighted by molar-refractivity contribution is 14.1. The van der Waals surface area contributed by atoms with Gasteiger partial charge in [0.25, 0.3) is 5.91 Å². The Morgan fingerprint density at radius 3 is 2.95 bits per heavy atom. The fraction of sp³-hybridized carbons (Fsp3) is 0.154. The van der Waals surface area contributed by atoms with E-state index in [4.69, 9.17) is 11.6 Å². The summed E-state index contributed by atoms with van der Waals surface area (Å²) >= 11 is 7.74. The van der Waals surface area contributed by atoms with Crippen molar-refractivity contribution in [2.75, 3.05) is 5.32 Å². The lowest BCUT2D eigenvalue weighted by atomic mass is 10.3. The fourth-order valence-electron chi connectivity index (χ4n) is 1.71. The zero-order valence-electron chi connectivity index (χ0n) is 10.1. The van der Waals surface area contributed by atoms with E-state index in [-0.39, 0.29) is 11.7 Å². The Hall–Kier alpha value is -1.08. The Morgan fingerprint density at radius 1 is 1.53 bits per heavy atom.